The molecule has 2 fully saturated rings. The molecule has 4 aromatic rings. The third-order valence-corrected chi connectivity index (χ3v) is 12.9. The fourth-order valence-corrected chi connectivity index (χ4v) is 10.3. The van der Waals surface area contributed by atoms with E-state index in [0.717, 1.165) is 73.3 Å². The van der Waals surface area contributed by atoms with Gasteiger partial charge in [0.05, 0.1) is 37.6 Å². The van der Waals surface area contributed by atoms with Crippen LogP contribution in [-0.4, -0.2) is 65.0 Å². The number of methoxy groups -OCH3 is 2. The first-order chi connectivity index (χ1) is 23.9. The summed E-state index contributed by atoms with van der Waals surface area (Å²) in [7, 11) is -1.34. The Bertz CT molecular complexity index is 1660. The van der Waals surface area contributed by atoms with Gasteiger partial charge in [0, 0.05) is 19.2 Å². The number of ether oxygens (including phenoxy) is 3. The van der Waals surface area contributed by atoms with E-state index in [1.165, 1.54) is 0 Å². The number of hydrogen-bond acceptors (Lipinski definition) is 8. The van der Waals surface area contributed by atoms with Gasteiger partial charge in [0.2, 0.25) is 0 Å². The molecule has 0 amide bonds. The molecule has 0 unspecified atom stereocenters. The summed E-state index contributed by atoms with van der Waals surface area (Å²) in [6, 6.07) is 35.3. The maximum Gasteiger partial charge on any atom is 0.259 e. The number of rotatable bonds is 17. The van der Waals surface area contributed by atoms with Crippen LogP contribution in [0.25, 0.3) is 0 Å². The number of nitrogens with zero attached hydrogens (tertiary/aromatic N) is 1. The second kappa shape index (κ2) is 16.6. The smallest absolute Gasteiger partial charge is 0.259 e. The maximum absolute atomic E-state index is 13.1. The summed E-state index contributed by atoms with van der Waals surface area (Å²) in [5.41, 5.74) is 2.27. The van der Waals surface area contributed by atoms with Crippen LogP contribution in [-0.2, 0) is 29.2 Å². The molecule has 2 saturated heterocycles. The summed E-state index contributed by atoms with van der Waals surface area (Å²) < 4.78 is 58.8. The molecule has 49 heavy (non-hydrogen) atoms. The van der Waals surface area contributed by atoms with Crippen LogP contribution in [0.15, 0.2) is 114 Å². The Balaban J connectivity index is 1.04. The van der Waals surface area contributed by atoms with Crippen LogP contribution >= 0.6 is 8.53 Å². The molecule has 3 atom stereocenters. The van der Waals surface area contributed by atoms with Crippen molar-refractivity contribution in [2.75, 3.05) is 39.7 Å². The van der Waals surface area contributed by atoms with Crippen LogP contribution in [0.2, 0.25) is 0 Å². The van der Waals surface area contributed by atoms with E-state index in [9.17, 15) is 8.42 Å². The van der Waals surface area contributed by atoms with E-state index < -0.39 is 24.0 Å². The van der Waals surface area contributed by atoms with Crippen molar-refractivity contribution in [3.8, 4) is 11.5 Å². The Hall–Kier alpha value is -3.30. The molecule has 0 aromatic heterocycles. The van der Waals surface area contributed by atoms with Gasteiger partial charge in [0.25, 0.3) is 8.53 Å². The van der Waals surface area contributed by atoms with E-state index in [1.54, 1.807) is 38.5 Å². The molecular formula is C39H46NO7PS. The fourth-order valence-electron chi connectivity index (χ4n) is 6.79. The van der Waals surface area contributed by atoms with Crippen LogP contribution in [0.3, 0.4) is 0 Å². The molecule has 2 heterocycles. The Labute approximate surface area is 292 Å². The molecule has 0 N–H and O–H groups in total. The summed E-state index contributed by atoms with van der Waals surface area (Å²) >= 11 is 0. The van der Waals surface area contributed by atoms with E-state index in [4.69, 9.17) is 23.3 Å². The standard InChI is InChI=1S/C39H46NO7PS/c1-43-34-23-19-32(20-24-34)39(31-14-7-5-8-15-31,33-21-25-35(44-2)26-22-33)45-28-11-3-4-12-29-46-48-40-27-13-18-37(40)38(47-48)30-49(41,42)36-16-9-6-10-17-36/h5-10,14-17,19-26,37-38H,3-4,11-13,18,27-30H2,1-2H3/t37-,38+,48-/m0/s1. The second-order valence-corrected chi connectivity index (χ2v) is 15.9. The molecule has 4 aromatic carbocycles. The zero-order chi connectivity index (χ0) is 34.1. The van der Waals surface area contributed by atoms with Gasteiger partial charge in [-0.25, -0.2) is 13.1 Å². The number of hydrogen-bond donors (Lipinski definition) is 0. The Morgan fingerprint density at radius 3 is 1.88 bits per heavy atom. The predicted molar refractivity (Wildman–Crippen MR) is 193 cm³/mol. The fraction of sp³-hybridized carbons (Fsp3) is 0.385. The first-order valence-electron chi connectivity index (χ1n) is 17.1. The van der Waals surface area contributed by atoms with E-state index in [-0.39, 0.29) is 17.9 Å². The average Bonchev–Trinajstić information content (AvgIpc) is 3.76. The number of benzene rings is 4. The van der Waals surface area contributed by atoms with Gasteiger partial charge in [0.15, 0.2) is 9.84 Å². The molecule has 0 saturated carbocycles. The normalized spacial score (nSPS) is 19.5. The first kappa shape index (κ1) is 35.5. The lowest BCUT2D eigenvalue weighted by atomic mass is 9.80. The number of sulfone groups is 1. The molecule has 0 spiro atoms. The van der Waals surface area contributed by atoms with Gasteiger partial charge in [-0.15, -0.1) is 0 Å². The minimum atomic E-state index is -3.43. The van der Waals surface area contributed by atoms with Crippen LogP contribution in [0, 0.1) is 0 Å². The number of fused-ring (bicyclic) bond motifs is 1. The molecule has 6 rings (SSSR count). The van der Waals surface area contributed by atoms with Crippen molar-refractivity contribution < 1.29 is 31.7 Å². The van der Waals surface area contributed by atoms with Gasteiger partial charge in [-0.2, -0.15) is 0 Å². The van der Waals surface area contributed by atoms with Crippen molar-refractivity contribution in [3.63, 3.8) is 0 Å². The highest BCUT2D eigenvalue weighted by Crippen LogP contribution is 2.56. The lowest BCUT2D eigenvalue weighted by Gasteiger charge is -2.36. The first-order valence-corrected chi connectivity index (χ1v) is 19.9. The highest BCUT2D eigenvalue weighted by atomic mass is 32.2. The highest BCUT2D eigenvalue weighted by molar-refractivity contribution is 7.91. The molecule has 0 radical (unpaired) electrons. The molecule has 10 heteroatoms. The zero-order valence-electron chi connectivity index (χ0n) is 28.3. The minimum Gasteiger partial charge on any atom is -0.497 e. The van der Waals surface area contributed by atoms with Crippen molar-refractivity contribution in [1.29, 1.82) is 0 Å². The van der Waals surface area contributed by atoms with Crippen molar-refractivity contribution in [1.82, 2.24) is 4.67 Å². The van der Waals surface area contributed by atoms with E-state index >= 15 is 0 Å². The summed E-state index contributed by atoms with van der Waals surface area (Å²) in [6.45, 7) is 2.04. The molecule has 2 aliphatic heterocycles. The van der Waals surface area contributed by atoms with Gasteiger partial charge in [-0.3, -0.25) is 0 Å². The largest absolute Gasteiger partial charge is 0.497 e. The molecular weight excluding hydrogens is 657 g/mol. The summed E-state index contributed by atoms with van der Waals surface area (Å²) in [4.78, 5) is 0.346. The van der Waals surface area contributed by atoms with Crippen molar-refractivity contribution in [2.45, 2.75) is 61.2 Å². The minimum absolute atomic E-state index is 0.0160. The molecule has 260 valence electrons. The topological polar surface area (TPSA) is 83.5 Å². The molecule has 0 aliphatic carbocycles. The maximum atomic E-state index is 13.1. The zero-order valence-corrected chi connectivity index (χ0v) is 30.0. The summed E-state index contributed by atoms with van der Waals surface area (Å²) in [6.07, 6.45) is 5.38. The van der Waals surface area contributed by atoms with E-state index in [0.29, 0.717) is 18.1 Å². The van der Waals surface area contributed by atoms with Crippen LogP contribution < -0.4 is 9.47 Å². The Morgan fingerprint density at radius 2 is 1.29 bits per heavy atom. The van der Waals surface area contributed by atoms with E-state index in [1.807, 2.05) is 48.5 Å². The molecule has 0 bridgehead atoms. The van der Waals surface area contributed by atoms with Crippen LogP contribution in [0.1, 0.15) is 55.2 Å². The van der Waals surface area contributed by atoms with Gasteiger partial charge in [0.1, 0.15) is 17.1 Å². The Kier molecular flexibility index (Phi) is 12.0. The van der Waals surface area contributed by atoms with Crippen molar-refractivity contribution >= 4 is 18.4 Å². The predicted octanol–water partition coefficient (Wildman–Crippen LogP) is 8.15. The van der Waals surface area contributed by atoms with Gasteiger partial charge < -0.3 is 23.3 Å². The van der Waals surface area contributed by atoms with Gasteiger partial charge in [-0.05, 0) is 78.8 Å². The monoisotopic (exact) mass is 703 g/mol. The van der Waals surface area contributed by atoms with Crippen molar-refractivity contribution in [2.24, 2.45) is 0 Å². The molecule has 2 aliphatic rings. The lowest BCUT2D eigenvalue weighted by molar-refractivity contribution is 0.0105. The molecule has 8 nitrogen and oxygen atoms in total. The quantitative estimate of drug-likeness (QED) is 0.0619. The average molecular weight is 704 g/mol. The highest BCUT2D eigenvalue weighted by Gasteiger charge is 2.48. The second-order valence-electron chi connectivity index (χ2n) is 12.4. The van der Waals surface area contributed by atoms with Crippen LogP contribution in [0.4, 0.5) is 0 Å². The Morgan fingerprint density at radius 1 is 0.735 bits per heavy atom. The van der Waals surface area contributed by atoms with Gasteiger partial charge in [-0.1, -0.05) is 85.6 Å². The van der Waals surface area contributed by atoms with Crippen LogP contribution in [0.5, 0.6) is 11.5 Å². The van der Waals surface area contributed by atoms with E-state index in [2.05, 4.69) is 41.1 Å². The third kappa shape index (κ3) is 8.20. The van der Waals surface area contributed by atoms with Gasteiger partial charge >= 0.3 is 0 Å². The number of unbranched alkanes of at least 4 members (excludes halogenated alkanes) is 3. The SMILES string of the molecule is COc1ccc(C(OCCCCCCO[P@@]2O[C@H](CS(=O)(=O)c3ccccc3)[C@@H]3CCCN32)(c2ccccc2)c2ccc(OC)cc2)cc1. The third-order valence-electron chi connectivity index (χ3n) is 9.35. The van der Waals surface area contributed by atoms with Crippen molar-refractivity contribution in [3.05, 3.63) is 126 Å². The summed E-state index contributed by atoms with van der Waals surface area (Å²) in [5.74, 6) is 1.57. The lowest BCUT2D eigenvalue weighted by Crippen LogP contribution is -2.33. The summed E-state index contributed by atoms with van der Waals surface area (Å²) in [5, 5.41) is 0.